The number of carbonyl (C=O) groups is 2. The highest BCUT2D eigenvalue weighted by atomic mass is 35.5. The molecule has 3 aromatic rings. The third kappa shape index (κ3) is 2.99. The van der Waals surface area contributed by atoms with E-state index in [-0.39, 0.29) is 17.1 Å². The van der Waals surface area contributed by atoms with Crippen molar-refractivity contribution in [1.82, 2.24) is 20.0 Å². The average molecular weight is 345 g/mol. The average Bonchev–Trinajstić information content (AvgIpc) is 3.15. The maximum atomic E-state index is 12.3. The summed E-state index contributed by atoms with van der Waals surface area (Å²) in [6.07, 6.45) is 1.36. The molecule has 0 saturated carbocycles. The molecule has 0 spiro atoms. The van der Waals surface area contributed by atoms with Crippen molar-refractivity contribution in [1.29, 1.82) is 0 Å². The first kappa shape index (κ1) is 15.8. The minimum absolute atomic E-state index is 0.112. The quantitative estimate of drug-likeness (QED) is 0.668. The predicted molar refractivity (Wildman–Crippen MR) is 88.7 cm³/mol. The second-order valence-corrected chi connectivity index (χ2v) is 5.46. The summed E-state index contributed by atoms with van der Waals surface area (Å²) in [7, 11) is 1.56. The van der Waals surface area contributed by atoms with Gasteiger partial charge in [0.1, 0.15) is 11.4 Å². The van der Waals surface area contributed by atoms with Crippen LogP contribution in [-0.2, 0) is 7.05 Å². The van der Waals surface area contributed by atoms with Crippen LogP contribution in [0.25, 0.3) is 11.3 Å². The lowest BCUT2D eigenvalue weighted by Gasteiger charge is -2.03. The van der Waals surface area contributed by atoms with E-state index in [1.165, 1.54) is 10.9 Å². The number of nitrogens with zero attached hydrogens (tertiary/aromatic N) is 3. The first-order chi connectivity index (χ1) is 11.5. The van der Waals surface area contributed by atoms with Crippen LogP contribution in [0.3, 0.4) is 0 Å². The van der Waals surface area contributed by atoms with E-state index in [9.17, 15) is 9.59 Å². The summed E-state index contributed by atoms with van der Waals surface area (Å²) in [6, 6.07) is 8.66. The molecule has 24 heavy (non-hydrogen) atoms. The summed E-state index contributed by atoms with van der Waals surface area (Å²) in [4.78, 5) is 23.7. The Balaban J connectivity index is 1.82. The number of hydrogen-bond donors (Lipinski definition) is 3. The fourth-order valence-electron chi connectivity index (χ4n) is 2.22. The minimum atomic E-state index is -0.684. The molecule has 4 N–H and O–H groups in total. The number of H-pyrrole nitrogens is 1. The summed E-state index contributed by atoms with van der Waals surface area (Å²) < 4.78 is 1.30. The van der Waals surface area contributed by atoms with Gasteiger partial charge in [0.15, 0.2) is 0 Å². The van der Waals surface area contributed by atoms with Gasteiger partial charge in [0.05, 0.1) is 17.6 Å². The second kappa shape index (κ2) is 6.17. The van der Waals surface area contributed by atoms with Crippen molar-refractivity contribution in [2.75, 3.05) is 5.32 Å². The molecule has 0 atom stereocenters. The molecule has 2 heterocycles. The molecule has 9 heteroatoms. The lowest BCUT2D eigenvalue weighted by atomic mass is 10.1. The van der Waals surface area contributed by atoms with Crippen molar-refractivity contribution in [3.8, 4) is 11.3 Å². The van der Waals surface area contributed by atoms with Crippen LogP contribution in [0.2, 0.25) is 5.02 Å². The standard InChI is InChI=1S/C15H13ClN6O2/c1-22-13(14(17)23)12(7-18-22)19-15(24)11-6-10(20-21-11)8-2-4-9(16)5-3-8/h2-7H,1H3,(H2,17,23)(H,19,24)(H,20,21). The maximum Gasteiger partial charge on any atom is 0.273 e. The van der Waals surface area contributed by atoms with E-state index in [1.54, 1.807) is 37.4 Å². The van der Waals surface area contributed by atoms with Crippen LogP contribution in [0.1, 0.15) is 21.0 Å². The van der Waals surface area contributed by atoms with Crippen LogP contribution < -0.4 is 11.1 Å². The van der Waals surface area contributed by atoms with E-state index in [0.29, 0.717) is 10.7 Å². The van der Waals surface area contributed by atoms with Gasteiger partial charge in [-0.3, -0.25) is 19.4 Å². The Hall–Kier alpha value is -3.13. The molecule has 0 saturated heterocycles. The van der Waals surface area contributed by atoms with Gasteiger partial charge in [-0.15, -0.1) is 0 Å². The van der Waals surface area contributed by atoms with Gasteiger partial charge in [-0.05, 0) is 18.2 Å². The van der Waals surface area contributed by atoms with Crippen LogP contribution in [0.15, 0.2) is 36.5 Å². The zero-order chi connectivity index (χ0) is 17.3. The van der Waals surface area contributed by atoms with Gasteiger partial charge in [-0.25, -0.2) is 0 Å². The first-order valence-electron chi connectivity index (χ1n) is 6.90. The number of rotatable bonds is 4. The molecule has 0 aliphatic heterocycles. The van der Waals surface area contributed by atoms with Crippen molar-refractivity contribution in [3.63, 3.8) is 0 Å². The molecule has 1 aromatic carbocycles. The monoisotopic (exact) mass is 344 g/mol. The lowest BCUT2D eigenvalue weighted by molar-refractivity contribution is 0.0992. The van der Waals surface area contributed by atoms with Crippen LogP contribution in [-0.4, -0.2) is 31.8 Å². The largest absolute Gasteiger partial charge is 0.364 e. The SMILES string of the molecule is Cn1ncc(NC(=O)c2cc(-c3ccc(Cl)cc3)n[nH]2)c1C(N)=O. The van der Waals surface area contributed by atoms with E-state index in [4.69, 9.17) is 17.3 Å². The lowest BCUT2D eigenvalue weighted by Crippen LogP contribution is -2.20. The van der Waals surface area contributed by atoms with Gasteiger partial charge in [0.25, 0.3) is 11.8 Å². The van der Waals surface area contributed by atoms with Gasteiger partial charge >= 0.3 is 0 Å². The summed E-state index contributed by atoms with van der Waals surface area (Å²) in [6.45, 7) is 0. The molecule has 0 aliphatic carbocycles. The number of carbonyl (C=O) groups excluding carboxylic acids is 2. The molecule has 8 nitrogen and oxygen atoms in total. The molecule has 0 aliphatic rings. The Morgan fingerprint density at radius 3 is 2.67 bits per heavy atom. The highest BCUT2D eigenvalue weighted by Crippen LogP contribution is 2.21. The fourth-order valence-corrected chi connectivity index (χ4v) is 2.34. The number of nitrogens with two attached hydrogens (primary N) is 1. The van der Waals surface area contributed by atoms with E-state index in [1.807, 2.05) is 0 Å². The summed E-state index contributed by atoms with van der Waals surface area (Å²) >= 11 is 5.85. The molecule has 3 rings (SSSR count). The number of aromatic nitrogens is 4. The van der Waals surface area contributed by atoms with Crippen molar-refractivity contribution in [2.45, 2.75) is 0 Å². The number of nitrogens with one attached hydrogen (secondary N) is 2. The van der Waals surface area contributed by atoms with Gasteiger partial charge in [0.2, 0.25) is 0 Å². The molecule has 0 radical (unpaired) electrons. The summed E-state index contributed by atoms with van der Waals surface area (Å²) in [5, 5.41) is 13.9. The number of amides is 2. The Morgan fingerprint density at radius 1 is 1.29 bits per heavy atom. The van der Waals surface area contributed by atoms with Crippen LogP contribution in [0.4, 0.5) is 5.69 Å². The van der Waals surface area contributed by atoms with Crippen LogP contribution in [0, 0.1) is 0 Å². The number of aromatic amines is 1. The highest BCUT2D eigenvalue weighted by Gasteiger charge is 2.18. The molecule has 0 fully saturated rings. The number of primary amides is 1. The number of anilines is 1. The van der Waals surface area contributed by atoms with Gasteiger partial charge in [-0.2, -0.15) is 10.2 Å². The van der Waals surface area contributed by atoms with E-state index in [2.05, 4.69) is 20.6 Å². The molecule has 122 valence electrons. The zero-order valence-electron chi connectivity index (χ0n) is 12.6. The fraction of sp³-hybridized carbons (Fsp3) is 0.0667. The van der Waals surface area contributed by atoms with Gasteiger partial charge in [-0.1, -0.05) is 23.7 Å². The Kier molecular flexibility index (Phi) is 4.05. The molecule has 2 aromatic heterocycles. The number of aryl methyl sites for hydroxylation is 1. The van der Waals surface area contributed by atoms with Crippen LogP contribution in [0.5, 0.6) is 0 Å². The molecular formula is C15H13ClN6O2. The van der Waals surface area contributed by atoms with Crippen molar-refractivity contribution >= 4 is 29.1 Å². The van der Waals surface area contributed by atoms with Gasteiger partial charge < -0.3 is 11.1 Å². The zero-order valence-corrected chi connectivity index (χ0v) is 13.3. The summed E-state index contributed by atoms with van der Waals surface area (Å²) in [5.41, 5.74) is 7.28. The molecule has 0 bridgehead atoms. The molecular weight excluding hydrogens is 332 g/mol. The Labute approximate surface area is 141 Å². The van der Waals surface area contributed by atoms with Gasteiger partial charge in [0, 0.05) is 17.6 Å². The number of hydrogen-bond acceptors (Lipinski definition) is 4. The molecule has 2 amide bonds. The van der Waals surface area contributed by atoms with E-state index >= 15 is 0 Å². The number of halogens is 1. The third-order valence-electron chi connectivity index (χ3n) is 3.38. The Bertz CT molecular complexity index is 912. The normalized spacial score (nSPS) is 10.6. The van der Waals surface area contributed by atoms with E-state index in [0.717, 1.165) is 5.56 Å². The van der Waals surface area contributed by atoms with E-state index < -0.39 is 11.8 Å². The summed E-state index contributed by atoms with van der Waals surface area (Å²) in [5.74, 6) is -1.14. The highest BCUT2D eigenvalue weighted by molar-refractivity contribution is 6.30. The third-order valence-corrected chi connectivity index (χ3v) is 3.63. The Morgan fingerprint density at radius 2 is 2.00 bits per heavy atom. The minimum Gasteiger partial charge on any atom is -0.364 e. The van der Waals surface area contributed by atoms with Crippen molar-refractivity contribution < 1.29 is 9.59 Å². The predicted octanol–water partition coefficient (Wildman–Crippen LogP) is 1.81. The number of benzene rings is 1. The topological polar surface area (TPSA) is 119 Å². The smallest absolute Gasteiger partial charge is 0.273 e. The second-order valence-electron chi connectivity index (χ2n) is 5.02. The first-order valence-corrected chi connectivity index (χ1v) is 7.28. The molecule has 0 unspecified atom stereocenters. The van der Waals surface area contributed by atoms with Crippen molar-refractivity contribution in [2.24, 2.45) is 12.8 Å². The van der Waals surface area contributed by atoms with Crippen LogP contribution >= 0.6 is 11.6 Å². The maximum absolute atomic E-state index is 12.3. The van der Waals surface area contributed by atoms with Crippen molar-refractivity contribution in [3.05, 3.63) is 52.9 Å².